The Hall–Kier alpha value is -2.55. The van der Waals surface area contributed by atoms with Gasteiger partial charge in [0.2, 0.25) is 0 Å². The Bertz CT molecular complexity index is 607. The van der Waals surface area contributed by atoms with Crippen molar-refractivity contribution >= 4 is 11.9 Å². The number of ether oxygens (including phenoxy) is 2. The van der Waals surface area contributed by atoms with Gasteiger partial charge in [-0.05, 0) is 30.5 Å². The lowest BCUT2D eigenvalue weighted by atomic mass is 9.90. The molecule has 1 amide bonds. The predicted octanol–water partition coefficient (Wildman–Crippen LogP) is 1.84. The summed E-state index contributed by atoms with van der Waals surface area (Å²) in [6, 6.07) is 9.11. The third-order valence-electron chi connectivity index (χ3n) is 3.63. The van der Waals surface area contributed by atoms with Crippen molar-refractivity contribution in [2.24, 2.45) is 5.92 Å². The van der Waals surface area contributed by atoms with Gasteiger partial charge in [0, 0.05) is 0 Å². The van der Waals surface area contributed by atoms with Crippen LogP contribution in [0.15, 0.2) is 24.3 Å². The number of rotatable bonds is 7. The summed E-state index contributed by atoms with van der Waals surface area (Å²) in [6.07, 6.45) is 0.0458. The number of benzene rings is 1. The minimum Gasteiger partial charge on any atom is -0.497 e. The summed E-state index contributed by atoms with van der Waals surface area (Å²) in [5, 5.41) is 11.7. The molecule has 6 nitrogen and oxygen atoms in total. The monoisotopic (exact) mass is 318 g/mol. The van der Waals surface area contributed by atoms with E-state index in [0.717, 1.165) is 5.56 Å². The lowest BCUT2D eigenvalue weighted by Gasteiger charge is -2.27. The van der Waals surface area contributed by atoms with Gasteiger partial charge in [-0.15, -0.1) is 0 Å². The number of hydrogen-bond acceptors (Lipinski definition) is 5. The van der Waals surface area contributed by atoms with E-state index >= 15 is 0 Å². The molecule has 0 heterocycles. The molecule has 0 fully saturated rings. The first-order valence-electron chi connectivity index (χ1n) is 7.31. The first-order chi connectivity index (χ1) is 10.8. The smallest absolute Gasteiger partial charge is 0.310 e. The van der Waals surface area contributed by atoms with E-state index in [1.807, 2.05) is 13.8 Å². The largest absolute Gasteiger partial charge is 0.497 e. The van der Waals surface area contributed by atoms with Crippen LogP contribution in [0, 0.1) is 17.2 Å². The van der Waals surface area contributed by atoms with Crippen molar-refractivity contribution in [3.8, 4) is 11.8 Å². The molecule has 0 bridgehead atoms. The van der Waals surface area contributed by atoms with E-state index in [4.69, 9.17) is 14.7 Å². The highest BCUT2D eigenvalue weighted by Gasteiger charge is 2.30. The average molecular weight is 318 g/mol. The number of hydrogen-bond donors (Lipinski definition) is 1. The van der Waals surface area contributed by atoms with Crippen molar-refractivity contribution in [1.82, 2.24) is 5.32 Å². The van der Waals surface area contributed by atoms with Crippen LogP contribution < -0.4 is 10.1 Å². The second-order valence-corrected chi connectivity index (χ2v) is 5.71. The van der Waals surface area contributed by atoms with Crippen LogP contribution in [0.25, 0.3) is 0 Å². The molecule has 1 aromatic rings. The van der Waals surface area contributed by atoms with E-state index in [0.29, 0.717) is 5.75 Å². The number of amides is 1. The van der Waals surface area contributed by atoms with E-state index < -0.39 is 24.0 Å². The maximum atomic E-state index is 11.8. The van der Waals surface area contributed by atoms with Crippen LogP contribution in [0.2, 0.25) is 0 Å². The number of nitrogens with one attached hydrogen (secondary N) is 1. The van der Waals surface area contributed by atoms with Gasteiger partial charge in [-0.1, -0.05) is 26.0 Å². The summed E-state index contributed by atoms with van der Waals surface area (Å²) < 4.78 is 10.0. The maximum absolute atomic E-state index is 11.8. The molecule has 124 valence electrons. The minimum atomic E-state index is -0.990. The Morgan fingerprint density at radius 1 is 1.39 bits per heavy atom. The molecule has 0 aliphatic rings. The summed E-state index contributed by atoms with van der Waals surface area (Å²) in [5.74, 6) is -0.433. The molecule has 1 N–H and O–H groups in total. The predicted molar refractivity (Wildman–Crippen MR) is 84.7 cm³/mol. The SMILES string of the molecule is COc1cccc(CC(=O)OCC(=O)N[C@](C)(C#N)C(C)C)c1. The van der Waals surface area contributed by atoms with Gasteiger partial charge in [-0.2, -0.15) is 5.26 Å². The zero-order valence-electron chi connectivity index (χ0n) is 13.9. The van der Waals surface area contributed by atoms with E-state index in [-0.39, 0.29) is 12.3 Å². The second kappa shape index (κ2) is 8.18. The fourth-order valence-corrected chi connectivity index (χ4v) is 1.77. The first kappa shape index (κ1) is 18.5. The summed E-state index contributed by atoms with van der Waals surface area (Å²) in [7, 11) is 1.54. The topological polar surface area (TPSA) is 88.4 Å². The Kier molecular flexibility index (Phi) is 6.58. The van der Waals surface area contributed by atoms with Crippen molar-refractivity contribution in [2.75, 3.05) is 13.7 Å². The summed E-state index contributed by atoms with van der Waals surface area (Å²) >= 11 is 0. The Morgan fingerprint density at radius 2 is 2.09 bits per heavy atom. The third-order valence-corrected chi connectivity index (χ3v) is 3.63. The van der Waals surface area contributed by atoms with Gasteiger partial charge in [0.05, 0.1) is 19.6 Å². The number of carbonyl (C=O) groups excluding carboxylic acids is 2. The van der Waals surface area contributed by atoms with Crippen LogP contribution in [0.4, 0.5) is 0 Å². The van der Waals surface area contributed by atoms with Crippen LogP contribution in [-0.2, 0) is 20.7 Å². The van der Waals surface area contributed by atoms with Crippen molar-refractivity contribution < 1.29 is 19.1 Å². The van der Waals surface area contributed by atoms with Gasteiger partial charge in [0.25, 0.3) is 5.91 Å². The minimum absolute atomic E-state index is 0.0458. The Morgan fingerprint density at radius 3 is 2.65 bits per heavy atom. The Labute approximate surface area is 136 Å². The van der Waals surface area contributed by atoms with Gasteiger partial charge < -0.3 is 14.8 Å². The van der Waals surface area contributed by atoms with Crippen LogP contribution >= 0.6 is 0 Å². The molecule has 0 radical (unpaired) electrons. The third kappa shape index (κ3) is 5.62. The van der Waals surface area contributed by atoms with Crippen LogP contribution in [0.1, 0.15) is 26.3 Å². The van der Waals surface area contributed by atoms with Gasteiger partial charge in [-0.25, -0.2) is 0 Å². The molecule has 1 rings (SSSR count). The van der Waals surface area contributed by atoms with Crippen LogP contribution in [0.5, 0.6) is 5.75 Å². The molecular formula is C17H22N2O4. The molecule has 0 unspecified atom stereocenters. The van der Waals surface area contributed by atoms with Crippen molar-refractivity contribution in [2.45, 2.75) is 32.7 Å². The molecular weight excluding hydrogens is 296 g/mol. The summed E-state index contributed by atoms with van der Waals surface area (Å²) in [6.45, 7) is 4.89. The molecule has 0 saturated carbocycles. The van der Waals surface area contributed by atoms with Gasteiger partial charge >= 0.3 is 5.97 Å². The van der Waals surface area contributed by atoms with Crippen LogP contribution in [0.3, 0.4) is 0 Å². The number of carbonyl (C=O) groups is 2. The van der Waals surface area contributed by atoms with Gasteiger partial charge in [0.1, 0.15) is 11.3 Å². The molecule has 0 aliphatic heterocycles. The van der Waals surface area contributed by atoms with Crippen LogP contribution in [-0.4, -0.2) is 31.1 Å². The van der Waals surface area contributed by atoms with Crippen molar-refractivity contribution in [1.29, 1.82) is 5.26 Å². The first-order valence-corrected chi connectivity index (χ1v) is 7.31. The molecule has 1 aromatic carbocycles. The van der Waals surface area contributed by atoms with Gasteiger partial charge in [-0.3, -0.25) is 9.59 Å². The van der Waals surface area contributed by atoms with E-state index in [9.17, 15) is 9.59 Å². The zero-order valence-corrected chi connectivity index (χ0v) is 13.9. The second-order valence-electron chi connectivity index (χ2n) is 5.71. The quantitative estimate of drug-likeness (QED) is 0.775. The van der Waals surface area contributed by atoms with Gasteiger partial charge in [0.15, 0.2) is 6.61 Å². The molecule has 1 atom stereocenters. The maximum Gasteiger partial charge on any atom is 0.310 e. The number of nitriles is 1. The normalized spacial score (nSPS) is 12.9. The highest BCUT2D eigenvalue weighted by Crippen LogP contribution is 2.15. The standard InChI is InChI=1S/C17H22N2O4/c1-12(2)17(3,11-18)19-15(20)10-23-16(21)9-13-6-5-7-14(8-13)22-4/h5-8,12H,9-10H2,1-4H3,(H,19,20)/t17-/m1/s1. The number of nitrogens with zero attached hydrogens (tertiary/aromatic N) is 1. The Balaban J connectivity index is 2.50. The van der Waals surface area contributed by atoms with Crippen molar-refractivity contribution in [3.63, 3.8) is 0 Å². The lowest BCUT2D eigenvalue weighted by molar-refractivity contribution is -0.148. The molecule has 0 aliphatic carbocycles. The fraction of sp³-hybridized carbons (Fsp3) is 0.471. The molecule has 0 spiro atoms. The average Bonchev–Trinajstić information content (AvgIpc) is 2.52. The molecule has 6 heteroatoms. The highest BCUT2D eigenvalue weighted by molar-refractivity contribution is 5.82. The van der Waals surface area contributed by atoms with E-state index in [2.05, 4.69) is 11.4 Å². The molecule has 0 aromatic heterocycles. The van der Waals surface area contributed by atoms with Crippen molar-refractivity contribution in [3.05, 3.63) is 29.8 Å². The number of esters is 1. The zero-order chi connectivity index (χ0) is 17.5. The molecule has 0 saturated heterocycles. The highest BCUT2D eigenvalue weighted by atomic mass is 16.5. The fourth-order valence-electron chi connectivity index (χ4n) is 1.77. The summed E-state index contributed by atoms with van der Waals surface area (Å²) in [5.41, 5.74) is -0.255. The van der Waals surface area contributed by atoms with E-state index in [1.54, 1.807) is 38.3 Å². The van der Waals surface area contributed by atoms with E-state index in [1.165, 1.54) is 0 Å². The molecule has 23 heavy (non-hydrogen) atoms. The summed E-state index contributed by atoms with van der Waals surface area (Å²) in [4.78, 5) is 23.6. The lowest BCUT2D eigenvalue weighted by Crippen LogP contribution is -2.50. The number of methoxy groups -OCH3 is 1.